The van der Waals surface area contributed by atoms with Crippen LogP contribution in [0.3, 0.4) is 0 Å². The maximum Gasteiger partial charge on any atom is 0.144 e. The maximum absolute atomic E-state index is 6.34. The van der Waals surface area contributed by atoms with Crippen molar-refractivity contribution in [3.05, 3.63) is 106 Å². The van der Waals surface area contributed by atoms with Crippen LogP contribution in [-0.4, -0.2) is 7.11 Å². The molecule has 0 N–H and O–H groups in total. The van der Waals surface area contributed by atoms with Gasteiger partial charge in [0.15, 0.2) is 0 Å². The fourth-order valence-corrected chi connectivity index (χ4v) is 3.67. The first kappa shape index (κ1) is 16.5. The largest absolute Gasteiger partial charge is 0.364 e. The van der Waals surface area contributed by atoms with E-state index in [1.54, 1.807) is 0 Å². The summed E-state index contributed by atoms with van der Waals surface area (Å²) in [5.41, 5.74) is 6.65. The monoisotopic (exact) mass is 316 g/mol. The number of ether oxygens (including phenoxy) is 1. The van der Waals surface area contributed by atoms with E-state index in [1.165, 1.54) is 33.4 Å². The molecule has 0 aliphatic carbocycles. The molecule has 0 heterocycles. The zero-order chi connectivity index (χ0) is 17.2. The summed E-state index contributed by atoms with van der Waals surface area (Å²) in [6.07, 6.45) is 0. The SMILES string of the molecule is COC(c1ccccc1C)(c1ccccc1C)c1ccccc1C. The fraction of sp³-hybridized carbons (Fsp3) is 0.217. The molecule has 0 saturated heterocycles. The molecule has 122 valence electrons. The average molecular weight is 316 g/mol. The highest BCUT2D eigenvalue weighted by Gasteiger charge is 2.39. The van der Waals surface area contributed by atoms with Crippen molar-refractivity contribution in [2.75, 3.05) is 7.11 Å². The molecule has 0 atom stereocenters. The standard InChI is InChI=1S/C23H24O/c1-17-11-5-8-14-20(17)23(24-4,21-15-9-6-12-18(21)2)22-16-10-7-13-19(22)3/h5-16H,1-4H3. The van der Waals surface area contributed by atoms with Crippen LogP contribution in [0.5, 0.6) is 0 Å². The van der Waals surface area contributed by atoms with Crippen LogP contribution in [0.1, 0.15) is 33.4 Å². The number of hydrogen-bond donors (Lipinski definition) is 0. The van der Waals surface area contributed by atoms with E-state index in [2.05, 4.69) is 93.6 Å². The Kier molecular flexibility index (Phi) is 4.55. The van der Waals surface area contributed by atoms with Gasteiger partial charge in [-0.1, -0.05) is 72.8 Å². The highest BCUT2D eigenvalue weighted by molar-refractivity contribution is 5.54. The summed E-state index contributed by atoms with van der Waals surface area (Å²) >= 11 is 0. The summed E-state index contributed by atoms with van der Waals surface area (Å²) in [6, 6.07) is 25.5. The van der Waals surface area contributed by atoms with E-state index >= 15 is 0 Å². The molecule has 0 aliphatic rings. The summed E-state index contributed by atoms with van der Waals surface area (Å²) in [5.74, 6) is 0. The third-order valence-corrected chi connectivity index (χ3v) is 4.88. The van der Waals surface area contributed by atoms with E-state index in [4.69, 9.17) is 4.74 Å². The molecule has 1 nitrogen and oxygen atoms in total. The Morgan fingerprint density at radius 1 is 0.542 bits per heavy atom. The molecule has 0 fully saturated rings. The summed E-state index contributed by atoms with van der Waals surface area (Å²) in [6.45, 7) is 6.46. The lowest BCUT2D eigenvalue weighted by molar-refractivity contribution is 0.0569. The van der Waals surface area contributed by atoms with Gasteiger partial charge in [-0.3, -0.25) is 0 Å². The zero-order valence-electron chi connectivity index (χ0n) is 14.8. The first-order valence-electron chi connectivity index (χ1n) is 8.34. The first-order valence-corrected chi connectivity index (χ1v) is 8.34. The molecule has 0 spiro atoms. The van der Waals surface area contributed by atoms with Crippen molar-refractivity contribution in [3.63, 3.8) is 0 Å². The first-order chi connectivity index (χ1) is 11.6. The van der Waals surface area contributed by atoms with Gasteiger partial charge in [-0.25, -0.2) is 0 Å². The van der Waals surface area contributed by atoms with E-state index < -0.39 is 5.60 Å². The summed E-state index contributed by atoms with van der Waals surface area (Å²) in [4.78, 5) is 0. The lowest BCUT2D eigenvalue weighted by Gasteiger charge is -2.37. The van der Waals surface area contributed by atoms with Crippen molar-refractivity contribution in [1.29, 1.82) is 0 Å². The minimum absolute atomic E-state index is 0.609. The molecule has 24 heavy (non-hydrogen) atoms. The number of rotatable bonds is 4. The lowest BCUT2D eigenvalue weighted by atomic mass is 9.75. The van der Waals surface area contributed by atoms with Crippen molar-refractivity contribution in [2.24, 2.45) is 0 Å². The van der Waals surface area contributed by atoms with Crippen molar-refractivity contribution >= 4 is 0 Å². The second-order valence-electron chi connectivity index (χ2n) is 6.33. The van der Waals surface area contributed by atoms with Crippen LogP contribution in [0.2, 0.25) is 0 Å². The van der Waals surface area contributed by atoms with Crippen LogP contribution in [-0.2, 0) is 10.3 Å². The highest BCUT2D eigenvalue weighted by Crippen LogP contribution is 2.43. The van der Waals surface area contributed by atoms with Gasteiger partial charge in [0.2, 0.25) is 0 Å². The van der Waals surface area contributed by atoms with Crippen molar-refractivity contribution in [2.45, 2.75) is 26.4 Å². The Balaban J connectivity index is 2.43. The number of hydrogen-bond acceptors (Lipinski definition) is 1. The van der Waals surface area contributed by atoms with E-state index in [0.717, 1.165) is 0 Å². The summed E-state index contributed by atoms with van der Waals surface area (Å²) in [7, 11) is 1.81. The van der Waals surface area contributed by atoms with E-state index in [1.807, 2.05) is 7.11 Å². The molecule has 0 amide bonds. The molecule has 0 unspecified atom stereocenters. The Bertz CT molecular complexity index is 737. The quantitative estimate of drug-likeness (QED) is 0.573. The smallest absolute Gasteiger partial charge is 0.144 e. The van der Waals surface area contributed by atoms with Crippen LogP contribution in [0, 0.1) is 20.8 Å². The topological polar surface area (TPSA) is 9.23 Å². The van der Waals surface area contributed by atoms with Gasteiger partial charge in [0.05, 0.1) is 0 Å². The second kappa shape index (κ2) is 6.62. The molecule has 0 aromatic heterocycles. The minimum Gasteiger partial charge on any atom is -0.364 e. The molecule has 3 rings (SSSR count). The molecule has 0 bridgehead atoms. The highest BCUT2D eigenvalue weighted by atomic mass is 16.5. The van der Waals surface area contributed by atoms with Crippen molar-refractivity contribution in [1.82, 2.24) is 0 Å². The van der Waals surface area contributed by atoms with Crippen LogP contribution >= 0.6 is 0 Å². The average Bonchev–Trinajstić information content (AvgIpc) is 2.60. The van der Waals surface area contributed by atoms with Crippen molar-refractivity contribution in [3.8, 4) is 0 Å². The van der Waals surface area contributed by atoms with Gasteiger partial charge in [0.1, 0.15) is 5.60 Å². The van der Waals surface area contributed by atoms with Crippen molar-refractivity contribution < 1.29 is 4.74 Å². The van der Waals surface area contributed by atoms with Gasteiger partial charge in [0, 0.05) is 7.11 Å². The summed E-state index contributed by atoms with van der Waals surface area (Å²) in [5, 5.41) is 0. The van der Waals surface area contributed by atoms with Crippen LogP contribution in [0.25, 0.3) is 0 Å². The third-order valence-electron chi connectivity index (χ3n) is 4.88. The number of methoxy groups -OCH3 is 1. The number of benzene rings is 3. The molecular formula is C23H24O. The van der Waals surface area contributed by atoms with E-state index in [-0.39, 0.29) is 0 Å². The maximum atomic E-state index is 6.34. The van der Waals surface area contributed by atoms with Gasteiger partial charge in [-0.15, -0.1) is 0 Å². The Hall–Kier alpha value is -2.38. The van der Waals surface area contributed by atoms with Gasteiger partial charge in [-0.2, -0.15) is 0 Å². The molecule has 0 radical (unpaired) electrons. The normalized spacial score (nSPS) is 11.5. The Morgan fingerprint density at radius 3 is 1.08 bits per heavy atom. The van der Waals surface area contributed by atoms with Gasteiger partial charge in [0.25, 0.3) is 0 Å². The predicted molar refractivity (Wildman–Crippen MR) is 100 cm³/mol. The molecule has 3 aromatic rings. The fourth-order valence-electron chi connectivity index (χ4n) is 3.67. The van der Waals surface area contributed by atoms with Crippen LogP contribution < -0.4 is 0 Å². The Labute approximate surface area is 144 Å². The lowest BCUT2D eigenvalue weighted by Crippen LogP contribution is -2.34. The second-order valence-corrected chi connectivity index (χ2v) is 6.33. The van der Waals surface area contributed by atoms with Crippen LogP contribution in [0.4, 0.5) is 0 Å². The van der Waals surface area contributed by atoms with Crippen LogP contribution in [0.15, 0.2) is 72.8 Å². The zero-order valence-corrected chi connectivity index (χ0v) is 14.8. The third kappa shape index (κ3) is 2.55. The van der Waals surface area contributed by atoms with E-state index in [0.29, 0.717) is 0 Å². The minimum atomic E-state index is -0.609. The summed E-state index contributed by atoms with van der Waals surface area (Å²) < 4.78 is 6.34. The Morgan fingerprint density at radius 2 is 0.833 bits per heavy atom. The molecule has 0 saturated carbocycles. The van der Waals surface area contributed by atoms with Gasteiger partial charge in [-0.05, 0) is 54.2 Å². The van der Waals surface area contributed by atoms with E-state index in [9.17, 15) is 0 Å². The molecular weight excluding hydrogens is 292 g/mol. The molecule has 0 aliphatic heterocycles. The molecule has 1 heteroatoms. The predicted octanol–water partition coefficient (Wildman–Crippen LogP) is 5.55. The van der Waals surface area contributed by atoms with Gasteiger partial charge >= 0.3 is 0 Å². The number of aryl methyl sites for hydroxylation is 3. The molecule has 3 aromatic carbocycles. The van der Waals surface area contributed by atoms with Gasteiger partial charge < -0.3 is 4.74 Å².